The third-order valence-electron chi connectivity index (χ3n) is 3.38. The molecule has 0 aliphatic carbocycles. The van der Waals surface area contributed by atoms with Gasteiger partial charge in [-0.15, -0.1) is 0 Å². The second kappa shape index (κ2) is 5.44. The first-order valence-electron chi connectivity index (χ1n) is 6.54. The predicted molar refractivity (Wildman–Crippen MR) is 74.7 cm³/mol. The number of hydrogen-bond acceptors (Lipinski definition) is 4. The fourth-order valence-corrected chi connectivity index (χ4v) is 2.29. The Morgan fingerprint density at radius 2 is 1.95 bits per heavy atom. The smallest absolute Gasteiger partial charge is 0.300 e. The maximum Gasteiger partial charge on any atom is 0.332 e. The molecule has 0 unspecified atom stereocenters. The van der Waals surface area contributed by atoms with E-state index < -0.39 is 0 Å². The van der Waals surface area contributed by atoms with Gasteiger partial charge >= 0.3 is 5.69 Å². The average Bonchev–Trinajstić information content (AvgIpc) is 2.77. The van der Waals surface area contributed by atoms with Crippen molar-refractivity contribution in [1.29, 1.82) is 0 Å². The van der Waals surface area contributed by atoms with Crippen molar-refractivity contribution in [2.24, 2.45) is 14.1 Å². The van der Waals surface area contributed by atoms with Crippen molar-refractivity contribution in [1.82, 2.24) is 18.9 Å². The number of carbonyl (C=O) groups excluding carboxylic acids is 1. The van der Waals surface area contributed by atoms with Crippen LogP contribution in [0.3, 0.4) is 0 Å². The van der Waals surface area contributed by atoms with Crippen LogP contribution in [0.4, 0.5) is 0 Å². The molecule has 0 atom stereocenters. The minimum Gasteiger partial charge on any atom is -0.300 e. The van der Waals surface area contributed by atoms with Gasteiger partial charge in [0.1, 0.15) is 16.8 Å². The summed E-state index contributed by atoms with van der Waals surface area (Å²) in [5.41, 5.74) is -0.159. The third-order valence-corrected chi connectivity index (χ3v) is 3.38. The van der Waals surface area contributed by atoms with Crippen LogP contribution >= 0.6 is 0 Å². The Morgan fingerprint density at radius 3 is 2.60 bits per heavy atom. The molecule has 0 spiro atoms. The van der Waals surface area contributed by atoms with Crippen LogP contribution in [0.5, 0.6) is 0 Å². The van der Waals surface area contributed by atoms with E-state index in [-0.39, 0.29) is 17.0 Å². The average molecular weight is 278 g/mol. The van der Waals surface area contributed by atoms with Crippen LogP contribution in [0, 0.1) is 0 Å². The first-order chi connectivity index (χ1) is 9.43. The largest absolute Gasteiger partial charge is 0.332 e. The van der Waals surface area contributed by atoms with Gasteiger partial charge in [0.25, 0.3) is 5.56 Å². The molecule has 2 heterocycles. The molecule has 2 aromatic heterocycles. The Bertz CT molecular complexity index is 766. The van der Waals surface area contributed by atoms with Gasteiger partial charge in [0.2, 0.25) is 0 Å². The Kier molecular flexibility index (Phi) is 3.87. The predicted octanol–water partition coefficient (Wildman–Crippen LogP) is 0.193. The quantitative estimate of drug-likeness (QED) is 0.731. The summed E-state index contributed by atoms with van der Waals surface area (Å²) in [6.45, 7) is 2.02. The summed E-state index contributed by atoms with van der Waals surface area (Å²) in [7, 11) is 3.16. The van der Waals surface area contributed by atoms with Crippen molar-refractivity contribution in [3.05, 3.63) is 27.0 Å². The molecule has 0 saturated heterocycles. The summed E-state index contributed by atoms with van der Waals surface area (Å²) in [5, 5.41) is 4.48. The molecule has 108 valence electrons. The summed E-state index contributed by atoms with van der Waals surface area (Å²) >= 11 is 0. The number of hydrogen-bond donors (Lipinski definition) is 0. The van der Waals surface area contributed by atoms with E-state index in [9.17, 15) is 14.4 Å². The fourth-order valence-electron chi connectivity index (χ4n) is 2.29. The zero-order valence-corrected chi connectivity index (χ0v) is 11.9. The Labute approximate surface area is 115 Å². The number of rotatable bonds is 5. The number of aromatic nitrogens is 4. The summed E-state index contributed by atoms with van der Waals surface area (Å²) in [6, 6.07) is 0. The molecule has 0 aromatic carbocycles. The second-order valence-corrected chi connectivity index (χ2v) is 4.96. The van der Waals surface area contributed by atoms with Crippen molar-refractivity contribution >= 4 is 16.8 Å². The van der Waals surface area contributed by atoms with Crippen LogP contribution < -0.4 is 11.2 Å². The minimum atomic E-state index is -0.353. The van der Waals surface area contributed by atoms with Gasteiger partial charge in [-0.05, 0) is 19.8 Å². The molecule has 7 heteroatoms. The van der Waals surface area contributed by atoms with E-state index in [2.05, 4.69) is 5.10 Å². The molecular formula is C13H18N4O3. The normalized spacial score (nSPS) is 11.2. The lowest BCUT2D eigenvalue weighted by atomic mass is 10.2. The van der Waals surface area contributed by atoms with E-state index in [0.29, 0.717) is 30.4 Å². The molecule has 0 fully saturated rings. The Morgan fingerprint density at radius 1 is 1.25 bits per heavy atom. The van der Waals surface area contributed by atoms with Crippen LogP contribution in [-0.4, -0.2) is 24.7 Å². The van der Waals surface area contributed by atoms with Gasteiger partial charge in [-0.1, -0.05) is 0 Å². The monoisotopic (exact) mass is 278 g/mol. The van der Waals surface area contributed by atoms with Crippen molar-refractivity contribution in [2.45, 2.75) is 32.7 Å². The van der Waals surface area contributed by atoms with Crippen molar-refractivity contribution < 1.29 is 4.79 Å². The van der Waals surface area contributed by atoms with E-state index in [1.807, 2.05) is 0 Å². The molecule has 7 nitrogen and oxygen atoms in total. The first-order valence-corrected chi connectivity index (χ1v) is 6.54. The van der Waals surface area contributed by atoms with E-state index in [1.165, 1.54) is 17.9 Å². The van der Waals surface area contributed by atoms with E-state index >= 15 is 0 Å². The van der Waals surface area contributed by atoms with E-state index in [0.717, 1.165) is 11.0 Å². The summed E-state index contributed by atoms with van der Waals surface area (Å²) < 4.78 is 4.17. The second-order valence-electron chi connectivity index (χ2n) is 4.96. The molecule has 2 aromatic rings. The van der Waals surface area contributed by atoms with Crippen LogP contribution in [0.1, 0.15) is 26.2 Å². The SMILES string of the molecule is CC(=O)CCCCn1c(=O)n(C)c(=O)c2cnn(C)c21. The number of Topliss-reactive ketones (excluding diaryl/α,β-unsaturated/α-hetero) is 1. The number of aryl methyl sites for hydroxylation is 2. The first kappa shape index (κ1) is 14.2. The van der Waals surface area contributed by atoms with Gasteiger partial charge in [-0.25, -0.2) is 4.79 Å². The highest BCUT2D eigenvalue weighted by molar-refractivity contribution is 5.75. The Hall–Kier alpha value is -2.18. The lowest BCUT2D eigenvalue weighted by Crippen LogP contribution is -2.38. The molecule has 0 saturated carbocycles. The van der Waals surface area contributed by atoms with E-state index in [4.69, 9.17) is 0 Å². The standard InChI is InChI=1S/C13H18N4O3/c1-9(18)6-4-5-7-17-11-10(8-14-16(11)3)12(19)15(2)13(17)20/h8H,4-7H2,1-3H3. The number of ketones is 1. The summed E-state index contributed by atoms with van der Waals surface area (Å²) in [5.74, 6) is 0.142. The van der Waals surface area contributed by atoms with Crippen LogP contribution in [0.15, 0.2) is 15.8 Å². The number of unbranched alkanes of at least 4 members (excludes halogenated alkanes) is 1. The van der Waals surface area contributed by atoms with Crippen LogP contribution in [0.25, 0.3) is 11.0 Å². The van der Waals surface area contributed by atoms with Crippen molar-refractivity contribution in [3.63, 3.8) is 0 Å². The zero-order chi connectivity index (χ0) is 14.9. The summed E-state index contributed by atoms with van der Waals surface area (Å²) in [4.78, 5) is 35.1. The molecule has 0 radical (unpaired) electrons. The van der Waals surface area contributed by atoms with Gasteiger partial charge in [0.15, 0.2) is 0 Å². The van der Waals surface area contributed by atoms with Gasteiger partial charge in [0.05, 0.1) is 6.20 Å². The molecule has 0 aliphatic heterocycles. The topological polar surface area (TPSA) is 78.9 Å². The number of carbonyl (C=O) groups is 1. The zero-order valence-electron chi connectivity index (χ0n) is 11.9. The lowest BCUT2D eigenvalue weighted by Gasteiger charge is -2.10. The van der Waals surface area contributed by atoms with E-state index in [1.54, 1.807) is 18.5 Å². The summed E-state index contributed by atoms with van der Waals surface area (Å²) in [6.07, 6.45) is 3.42. The van der Waals surface area contributed by atoms with Gasteiger partial charge in [0, 0.05) is 27.1 Å². The van der Waals surface area contributed by atoms with Gasteiger partial charge in [-0.2, -0.15) is 5.10 Å². The maximum atomic E-state index is 12.2. The van der Waals surface area contributed by atoms with Crippen LogP contribution in [-0.2, 0) is 25.4 Å². The molecule has 0 N–H and O–H groups in total. The third kappa shape index (κ3) is 2.43. The molecule has 20 heavy (non-hydrogen) atoms. The van der Waals surface area contributed by atoms with Gasteiger partial charge in [-0.3, -0.25) is 18.6 Å². The fraction of sp³-hybridized carbons (Fsp3) is 0.538. The van der Waals surface area contributed by atoms with Crippen molar-refractivity contribution in [2.75, 3.05) is 0 Å². The molecular weight excluding hydrogens is 260 g/mol. The maximum absolute atomic E-state index is 12.2. The molecule has 2 rings (SSSR count). The highest BCUT2D eigenvalue weighted by Gasteiger charge is 2.14. The number of fused-ring (bicyclic) bond motifs is 1. The molecule has 0 bridgehead atoms. The minimum absolute atomic E-state index is 0.142. The van der Waals surface area contributed by atoms with Crippen LogP contribution in [0.2, 0.25) is 0 Å². The molecule has 0 aliphatic rings. The highest BCUT2D eigenvalue weighted by atomic mass is 16.2. The Balaban J connectivity index is 2.42. The van der Waals surface area contributed by atoms with Crippen molar-refractivity contribution in [3.8, 4) is 0 Å². The van der Waals surface area contributed by atoms with Gasteiger partial charge < -0.3 is 4.79 Å². The molecule has 0 amide bonds. The number of nitrogens with zero attached hydrogens (tertiary/aromatic N) is 4. The lowest BCUT2D eigenvalue weighted by molar-refractivity contribution is -0.117. The highest BCUT2D eigenvalue weighted by Crippen LogP contribution is 2.07.